The molecule has 1 saturated heterocycles. The molecule has 0 aliphatic carbocycles. The summed E-state index contributed by atoms with van der Waals surface area (Å²) in [7, 11) is 0. The van der Waals surface area contributed by atoms with E-state index >= 15 is 0 Å². The van der Waals surface area contributed by atoms with Gasteiger partial charge in [0.1, 0.15) is 5.54 Å². The monoisotopic (exact) mass is 395 g/mol. The van der Waals surface area contributed by atoms with Gasteiger partial charge in [-0.2, -0.15) is 16.7 Å². The molecular formula is C17H18ClN3O4S. The standard InChI is InChI=1S/C17H18ClN3O4S/c18-12-6-4-11(5-7-12)15-19-14(25-21-15)3-1-2-13(22)20-17(16(23)24)8-9-26-10-17/h4-7H,1-3,8-10H2,(H,20,22)(H,23,24). The summed E-state index contributed by atoms with van der Waals surface area (Å²) < 4.78 is 5.20. The average Bonchev–Trinajstić information content (AvgIpc) is 3.26. The van der Waals surface area contributed by atoms with Crippen molar-refractivity contribution in [3.8, 4) is 11.4 Å². The van der Waals surface area contributed by atoms with Gasteiger partial charge >= 0.3 is 5.97 Å². The van der Waals surface area contributed by atoms with Crippen LogP contribution in [0.15, 0.2) is 28.8 Å². The van der Waals surface area contributed by atoms with Gasteiger partial charge in [-0.1, -0.05) is 16.8 Å². The molecule has 0 bridgehead atoms. The number of carboxylic acids is 1. The van der Waals surface area contributed by atoms with Gasteiger partial charge in [0.25, 0.3) is 0 Å². The van der Waals surface area contributed by atoms with Gasteiger partial charge < -0.3 is 14.9 Å². The van der Waals surface area contributed by atoms with Crippen molar-refractivity contribution in [1.82, 2.24) is 15.5 Å². The Labute approximate surface area is 159 Å². The van der Waals surface area contributed by atoms with Crippen molar-refractivity contribution in [2.75, 3.05) is 11.5 Å². The highest BCUT2D eigenvalue weighted by Crippen LogP contribution is 2.28. The maximum Gasteiger partial charge on any atom is 0.330 e. The van der Waals surface area contributed by atoms with Crippen LogP contribution in [0.25, 0.3) is 11.4 Å². The number of halogens is 1. The number of rotatable bonds is 7. The van der Waals surface area contributed by atoms with Crippen molar-refractivity contribution in [3.63, 3.8) is 0 Å². The molecule has 0 radical (unpaired) electrons. The molecule has 26 heavy (non-hydrogen) atoms. The fraction of sp³-hybridized carbons (Fsp3) is 0.412. The van der Waals surface area contributed by atoms with Crippen LogP contribution in [0.5, 0.6) is 0 Å². The van der Waals surface area contributed by atoms with E-state index in [-0.39, 0.29) is 12.3 Å². The molecule has 138 valence electrons. The lowest BCUT2D eigenvalue weighted by molar-refractivity contribution is -0.146. The Hall–Kier alpha value is -2.06. The summed E-state index contributed by atoms with van der Waals surface area (Å²) in [6, 6.07) is 7.10. The molecule has 0 spiro atoms. The van der Waals surface area contributed by atoms with Crippen molar-refractivity contribution < 1.29 is 19.2 Å². The number of benzene rings is 1. The first-order valence-electron chi connectivity index (χ1n) is 8.19. The first-order valence-corrected chi connectivity index (χ1v) is 9.72. The van der Waals surface area contributed by atoms with E-state index in [0.717, 1.165) is 11.3 Å². The zero-order valence-corrected chi connectivity index (χ0v) is 15.5. The van der Waals surface area contributed by atoms with Crippen LogP contribution in [0.1, 0.15) is 25.2 Å². The van der Waals surface area contributed by atoms with Gasteiger partial charge in [0.05, 0.1) is 0 Å². The van der Waals surface area contributed by atoms with Crippen LogP contribution >= 0.6 is 23.4 Å². The van der Waals surface area contributed by atoms with Gasteiger partial charge in [0, 0.05) is 29.2 Å². The Morgan fingerprint density at radius 3 is 2.77 bits per heavy atom. The number of carboxylic acid groups (broad SMARTS) is 1. The Kier molecular flexibility index (Phi) is 5.83. The zero-order chi connectivity index (χ0) is 18.6. The van der Waals surface area contributed by atoms with Crippen molar-refractivity contribution >= 4 is 35.2 Å². The molecule has 1 atom stereocenters. The van der Waals surface area contributed by atoms with Crippen LogP contribution in [0.2, 0.25) is 5.02 Å². The summed E-state index contributed by atoms with van der Waals surface area (Å²) in [5, 5.41) is 16.6. The third-order valence-corrected chi connectivity index (χ3v) is 5.62. The van der Waals surface area contributed by atoms with Crippen LogP contribution < -0.4 is 5.32 Å². The molecule has 9 heteroatoms. The van der Waals surface area contributed by atoms with Crippen LogP contribution in [0, 0.1) is 0 Å². The highest BCUT2D eigenvalue weighted by molar-refractivity contribution is 7.99. The van der Waals surface area contributed by atoms with Gasteiger partial charge in [-0.15, -0.1) is 0 Å². The largest absolute Gasteiger partial charge is 0.479 e. The Morgan fingerprint density at radius 2 is 2.12 bits per heavy atom. The van der Waals surface area contributed by atoms with Gasteiger partial charge in [-0.05, 0) is 42.9 Å². The summed E-state index contributed by atoms with van der Waals surface area (Å²) in [6.07, 6.45) is 1.60. The number of carbonyl (C=O) groups is 2. The summed E-state index contributed by atoms with van der Waals surface area (Å²) in [4.78, 5) is 27.8. The first-order chi connectivity index (χ1) is 12.5. The van der Waals surface area contributed by atoms with Crippen molar-refractivity contribution in [1.29, 1.82) is 0 Å². The van der Waals surface area contributed by atoms with Gasteiger partial charge in [-0.25, -0.2) is 4.79 Å². The molecule has 0 saturated carbocycles. The van der Waals surface area contributed by atoms with Crippen molar-refractivity contribution in [3.05, 3.63) is 35.2 Å². The first kappa shape index (κ1) is 18.7. The molecular weight excluding hydrogens is 378 g/mol. The van der Waals surface area contributed by atoms with Crippen molar-refractivity contribution in [2.45, 2.75) is 31.2 Å². The highest BCUT2D eigenvalue weighted by atomic mass is 35.5. The number of amides is 1. The predicted octanol–water partition coefficient (Wildman–Crippen LogP) is 2.79. The van der Waals surface area contributed by atoms with E-state index in [1.54, 1.807) is 24.3 Å². The molecule has 1 fully saturated rings. The Morgan fingerprint density at radius 1 is 1.35 bits per heavy atom. The van der Waals surface area contributed by atoms with Gasteiger partial charge in [0.15, 0.2) is 0 Å². The van der Waals surface area contributed by atoms with E-state index in [1.165, 1.54) is 11.8 Å². The molecule has 1 amide bonds. The number of aliphatic carboxylic acids is 1. The molecule has 1 unspecified atom stereocenters. The van der Waals surface area contributed by atoms with Gasteiger partial charge in [0.2, 0.25) is 17.6 Å². The number of carbonyl (C=O) groups excluding carboxylic acids is 1. The molecule has 2 aromatic rings. The van der Waals surface area contributed by atoms with Gasteiger partial charge in [-0.3, -0.25) is 4.79 Å². The van der Waals surface area contributed by atoms with E-state index in [0.29, 0.717) is 41.8 Å². The Balaban J connectivity index is 1.50. The fourth-order valence-electron chi connectivity index (χ4n) is 2.69. The number of hydrogen-bond donors (Lipinski definition) is 2. The van der Waals surface area contributed by atoms with Crippen LogP contribution in [-0.2, 0) is 16.0 Å². The number of nitrogens with one attached hydrogen (secondary N) is 1. The molecule has 7 nitrogen and oxygen atoms in total. The third kappa shape index (κ3) is 4.37. The van der Waals surface area contributed by atoms with E-state index in [1.807, 2.05) is 0 Å². The number of hydrogen-bond acceptors (Lipinski definition) is 6. The number of aromatic nitrogens is 2. The second-order valence-electron chi connectivity index (χ2n) is 6.11. The van der Waals surface area contributed by atoms with E-state index in [9.17, 15) is 14.7 Å². The third-order valence-electron chi connectivity index (χ3n) is 4.17. The van der Waals surface area contributed by atoms with E-state index in [4.69, 9.17) is 16.1 Å². The highest BCUT2D eigenvalue weighted by Gasteiger charge is 2.43. The number of aryl methyl sites for hydroxylation is 1. The molecule has 1 aliphatic rings. The molecule has 2 heterocycles. The van der Waals surface area contributed by atoms with E-state index < -0.39 is 11.5 Å². The lowest BCUT2D eigenvalue weighted by Gasteiger charge is -2.24. The predicted molar refractivity (Wildman–Crippen MR) is 98.1 cm³/mol. The molecule has 3 rings (SSSR count). The lowest BCUT2D eigenvalue weighted by Crippen LogP contribution is -2.54. The van der Waals surface area contributed by atoms with Crippen LogP contribution in [0.3, 0.4) is 0 Å². The SMILES string of the molecule is O=C(CCCc1nc(-c2ccc(Cl)cc2)no1)NC1(C(=O)O)CCSC1. The summed E-state index contributed by atoms with van der Waals surface area (Å²) in [6.45, 7) is 0. The molecule has 1 aliphatic heterocycles. The Bertz CT molecular complexity index is 788. The van der Waals surface area contributed by atoms with E-state index in [2.05, 4.69) is 15.5 Å². The smallest absolute Gasteiger partial charge is 0.330 e. The summed E-state index contributed by atoms with van der Waals surface area (Å²) in [5.41, 5.74) is -0.335. The second-order valence-corrected chi connectivity index (χ2v) is 7.65. The van der Waals surface area contributed by atoms with Crippen LogP contribution in [0.4, 0.5) is 0 Å². The maximum absolute atomic E-state index is 12.1. The quantitative estimate of drug-likeness (QED) is 0.742. The molecule has 1 aromatic heterocycles. The van der Waals surface area contributed by atoms with Crippen molar-refractivity contribution in [2.24, 2.45) is 0 Å². The average molecular weight is 396 g/mol. The normalized spacial score (nSPS) is 19.4. The minimum absolute atomic E-state index is 0.207. The molecule has 2 N–H and O–H groups in total. The lowest BCUT2D eigenvalue weighted by atomic mass is 9.99. The second kappa shape index (κ2) is 8.09. The minimum Gasteiger partial charge on any atom is -0.479 e. The van der Waals surface area contributed by atoms with Crippen LogP contribution in [-0.4, -0.2) is 44.2 Å². The zero-order valence-electron chi connectivity index (χ0n) is 13.9. The summed E-state index contributed by atoms with van der Waals surface area (Å²) in [5.74, 6) is 0.804. The minimum atomic E-state index is -1.13. The fourth-order valence-corrected chi connectivity index (χ4v) is 4.14. The number of thioether (sulfide) groups is 1. The molecule has 1 aromatic carbocycles. The maximum atomic E-state index is 12.1. The topological polar surface area (TPSA) is 105 Å². The number of nitrogens with zero attached hydrogens (tertiary/aromatic N) is 2. The summed E-state index contributed by atoms with van der Waals surface area (Å²) >= 11 is 7.39.